The van der Waals surface area contributed by atoms with Crippen LogP contribution in [0.5, 0.6) is 5.75 Å². The number of aromatic amines is 1. The molecule has 0 fully saturated rings. The van der Waals surface area contributed by atoms with Crippen LogP contribution in [0.25, 0.3) is 0 Å². The van der Waals surface area contributed by atoms with E-state index in [1.165, 1.54) is 0 Å². The molecule has 1 aromatic heterocycles. The van der Waals surface area contributed by atoms with E-state index in [0.29, 0.717) is 19.0 Å². The van der Waals surface area contributed by atoms with Crippen molar-refractivity contribution in [2.75, 3.05) is 25.2 Å². The Morgan fingerprint density at radius 3 is 2.57 bits per heavy atom. The lowest BCUT2D eigenvalue weighted by Gasteiger charge is -2.24. The first-order valence-corrected chi connectivity index (χ1v) is 6.92. The summed E-state index contributed by atoms with van der Waals surface area (Å²) in [6, 6.07) is 7.88. The Kier molecular flexibility index (Phi) is 5.51. The number of H-pyrrole nitrogens is 1. The Morgan fingerprint density at radius 1 is 1.24 bits per heavy atom. The van der Waals surface area contributed by atoms with Gasteiger partial charge in [0.05, 0.1) is 26.4 Å². The average molecular weight is 291 g/mol. The molecule has 0 aliphatic rings. The van der Waals surface area contributed by atoms with Gasteiger partial charge in [0.15, 0.2) is 5.82 Å². The van der Waals surface area contributed by atoms with Gasteiger partial charge in [0.25, 0.3) is 0 Å². The molecule has 0 atom stereocenters. The van der Waals surface area contributed by atoms with Crippen LogP contribution in [0.3, 0.4) is 0 Å². The molecule has 0 saturated heterocycles. The number of benzene rings is 1. The lowest BCUT2D eigenvalue weighted by molar-refractivity contribution is 0.0838. The fraction of sp³-hybridized carbons (Fsp3) is 0.500. The van der Waals surface area contributed by atoms with Gasteiger partial charge in [0.2, 0.25) is 0 Å². The van der Waals surface area contributed by atoms with E-state index >= 15 is 0 Å². The molecule has 0 aliphatic carbocycles. The third kappa shape index (κ3) is 4.71. The fourth-order valence-corrected chi connectivity index (χ4v) is 1.91. The van der Waals surface area contributed by atoms with E-state index in [1.54, 1.807) is 7.11 Å². The van der Waals surface area contributed by atoms with Crippen molar-refractivity contribution in [3.05, 3.63) is 30.1 Å². The van der Waals surface area contributed by atoms with E-state index in [2.05, 4.69) is 25.5 Å². The Balaban J connectivity index is 2.05. The number of anilines is 1. The van der Waals surface area contributed by atoms with E-state index in [4.69, 9.17) is 9.47 Å². The minimum Gasteiger partial charge on any atom is -0.497 e. The van der Waals surface area contributed by atoms with Gasteiger partial charge >= 0.3 is 0 Å². The predicted octanol–water partition coefficient (Wildman–Crippen LogP) is 1.64. The van der Waals surface area contributed by atoms with E-state index in [9.17, 15) is 0 Å². The molecule has 0 aliphatic heterocycles. The van der Waals surface area contributed by atoms with Crippen molar-refractivity contribution in [2.24, 2.45) is 0 Å². The van der Waals surface area contributed by atoms with Crippen LogP contribution in [-0.2, 0) is 11.3 Å². The Hall–Kier alpha value is -2.15. The van der Waals surface area contributed by atoms with Gasteiger partial charge in [-0.1, -0.05) is 5.21 Å². The second kappa shape index (κ2) is 7.58. The molecular formula is C14H21N5O2. The molecule has 1 N–H and O–H groups in total. The van der Waals surface area contributed by atoms with Crippen molar-refractivity contribution in [2.45, 2.75) is 26.5 Å². The zero-order chi connectivity index (χ0) is 15.1. The molecule has 1 aromatic carbocycles. The second-order valence-corrected chi connectivity index (χ2v) is 4.87. The van der Waals surface area contributed by atoms with Gasteiger partial charge in [-0.05, 0) is 38.1 Å². The van der Waals surface area contributed by atoms with Crippen molar-refractivity contribution >= 4 is 5.69 Å². The molecule has 114 valence electrons. The summed E-state index contributed by atoms with van der Waals surface area (Å²) in [5.41, 5.74) is 1.06. The maximum absolute atomic E-state index is 5.63. The van der Waals surface area contributed by atoms with Gasteiger partial charge in [-0.2, -0.15) is 5.21 Å². The van der Waals surface area contributed by atoms with E-state index in [0.717, 1.165) is 18.0 Å². The molecule has 2 rings (SSSR count). The van der Waals surface area contributed by atoms with Crippen LogP contribution in [0.15, 0.2) is 24.3 Å². The van der Waals surface area contributed by atoms with Gasteiger partial charge in [0, 0.05) is 12.2 Å². The number of nitrogens with zero attached hydrogens (tertiary/aromatic N) is 4. The van der Waals surface area contributed by atoms with Crippen molar-refractivity contribution in [1.29, 1.82) is 0 Å². The number of hydrogen-bond donors (Lipinski definition) is 1. The zero-order valence-corrected chi connectivity index (χ0v) is 12.6. The number of tetrazole rings is 1. The van der Waals surface area contributed by atoms with Gasteiger partial charge in [-0.25, -0.2) is 0 Å². The number of nitrogens with one attached hydrogen (secondary N) is 1. The van der Waals surface area contributed by atoms with Crippen LogP contribution < -0.4 is 9.64 Å². The quantitative estimate of drug-likeness (QED) is 0.797. The molecule has 0 amide bonds. The number of methoxy groups -OCH3 is 1. The first-order valence-electron chi connectivity index (χ1n) is 6.92. The van der Waals surface area contributed by atoms with Crippen LogP contribution >= 0.6 is 0 Å². The summed E-state index contributed by atoms with van der Waals surface area (Å²) in [5.74, 6) is 1.48. The first kappa shape index (κ1) is 15.2. The summed E-state index contributed by atoms with van der Waals surface area (Å²) in [5, 5.41) is 14.1. The van der Waals surface area contributed by atoms with E-state index in [1.807, 2.05) is 38.1 Å². The molecule has 2 aromatic rings. The summed E-state index contributed by atoms with van der Waals surface area (Å²) in [6.45, 7) is 6.01. The average Bonchev–Trinajstić information content (AvgIpc) is 2.99. The van der Waals surface area contributed by atoms with Crippen LogP contribution in [0, 0.1) is 0 Å². The minimum absolute atomic E-state index is 0.216. The van der Waals surface area contributed by atoms with E-state index in [-0.39, 0.29) is 6.10 Å². The third-order valence-corrected chi connectivity index (χ3v) is 2.97. The smallest absolute Gasteiger partial charge is 0.193 e. The van der Waals surface area contributed by atoms with Crippen molar-refractivity contribution < 1.29 is 9.47 Å². The fourth-order valence-electron chi connectivity index (χ4n) is 1.91. The summed E-state index contributed by atoms with van der Waals surface area (Å²) >= 11 is 0. The summed E-state index contributed by atoms with van der Waals surface area (Å²) in [4.78, 5) is 2.15. The topological polar surface area (TPSA) is 76.2 Å². The highest BCUT2D eigenvalue weighted by molar-refractivity contribution is 5.49. The lowest BCUT2D eigenvalue weighted by atomic mass is 10.2. The third-order valence-electron chi connectivity index (χ3n) is 2.97. The molecule has 0 spiro atoms. The standard InChI is InChI=1S/C14H21N5O2/c1-11(2)21-9-8-19(10-14-15-17-18-16-14)12-4-6-13(20-3)7-5-12/h4-7,11H,8-10H2,1-3H3,(H,15,16,17,18). The molecule has 7 heteroatoms. The second-order valence-electron chi connectivity index (χ2n) is 4.87. The Labute approximate surface area is 124 Å². The highest BCUT2D eigenvalue weighted by Gasteiger charge is 2.11. The highest BCUT2D eigenvalue weighted by atomic mass is 16.5. The maximum Gasteiger partial charge on any atom is 0.193 e. The van der Waals surface area contributed by atoms with Crippen molar-refractivity contribution in [3.8, 4) is 5.75 Å². The lowest BCUT2D eigenvalue weighted by Crippen LogP contribution is -2.28. The van der Waals surface area contributed by atoms with E-state index < -0.39 is 0 Å². The summed E-state index contributed by atoms with van der Waals surface area (Å²) < 4.78 is 10.8. The zero-order valence-electron chi connectivity index (χ0n) is 12.6. The Morgan fingerprint density at radius 2 is 2.00 bits per heavy atom. The van der Waals surface area contributed by atoms with Crippen molar-refractivity contribution in [1.82, 2.24) is 20.6 Å². The maximum atomic E-state index is 5.63. The molecular weight excluding hydrogens is 270 g/mol. The molecule has 0 bridgehead atoms. The van der Waals surface area contributed by atoms with Crippen LogP contribution in [0.4, 0.5) is 5.69 Å². The normalized spacial score (nSPS) is 10.9. The number of ether oxygens (including phenoxy) is 2. The van der Waals surface area contributed by atoms with Crippen LogP contribution in [-0.4, -0.2) is 47.0 Å². The molecule has 0 saturated carbocycles. The van der Waals surface area contributed by atoms with Crippen LogP contribution in [0.2, 0.25) is 0 Å². The predicted molar refractivity (Wildman–Crippen MR) is 79.3 cm³/mol. The van der Waals surface area contributed by atoms with Gasteiger partial charge in [-0.3, -0.25) is 0 Å². The minimum atomic E-state index is 0.216. The van der Waals surface area contributed by atoms with Gasteiger partial charge in [-0.15, -0.1) is 10.2 Å². The first-order chi connectivity index (χ1) is 10.2. The van der Waals surface area contributed by atoms with Gasteiger partial charge in [0.1, 0.15) is 5.75 Å². The number of rotatable bonds is 8. The highest BCUT2D eigenvalue weighted by Crippen LogP contribution is 2.20. The monoisotopic (exact) mass is 291 g/mol. The summed E-state index contributed by atoms with van der Waals surface area (Å²) in [6.07, 6.45) is 0.216. The van der Waals surface area contributed by atoms with Crippen molar-refractivity contribution in [3.63, 3.8) is 0 Å². The Bertz CT molecular complexity index is 513. The van der Waals surface area contributed by atoms with Gasteiger partial charge < -0.3 is 14.4 Å². The SMILES string of the molecule is COc1ccc(N(CCOC(C)C)Cc2nn[nH]n2)cc1. The molecule has 1 heterocycles. The summed E-state index contributed by atoms with van der Waals surface area (Å²) in [7, 11) is 1.66. The molecule has 0 radical (unpaired) electrons. The number of hydrogen-bond acceptors (Lipinski definition) is 6. The van der Waals surface area contributed by atoms with Crippen LogP contribution in [0.1, 0.15) is 19.7 Å². The number of aromatic nitrogens is 4. The molecule has 7 nitrogen and oxygen atoms in total. The molecule has 0 unspecified atom stereocenters. The largest absolute Gasteiger partial charge is 0.497 e. The molecule has 21 heavy (non-hydrogen) atoms.